The first-order valence-corrected chi connectivity index (χ1v) is 7.77. The summed E-state index contributed by atoms with van der Waals surface area (Å²) in [5, 5.41) is 0. The Bertz CT molecular complexity index is 498. The lowest BCUT2D eigenvalue weighted by Crippen LogP contribution is -2.41. The maximum Gasteiger partial charge on any atom is 0.267 e. The summed E-state index contributed by atoms with van der Waals surface area (Å²) < 4.78 is 0.550. The van der Waals surface area contributed by atoms with Crippen LogP contribution in [-0.4, -0.2) is 47.1 Å². The molecule has 1 atom stereocenters. The maximum absolute atomic E-state index is 11.6. The van der Waals surface area contributed by atoms with Crippen LogP contribution in [0.15, 0.2) is 15.6 Å². The van der Waals surface area contributed by atoms with Crippen LogP contribution in [0.1, 0.15) is 25.7 Å². The lowest BCUT2D eigenvalue weighted by Gasteiger charge is -2.32. The van der Waals surface area contributed by atoms with Crippen molar-refractivity contribution in [3.63, 3.8) is 0 Å². The monoisotopic (exact) mass is 326 g/mol. The van der Waals surface area contributed by atoms with Gasteiger partial charge in [0.15, 0.2) is 0 Å². The summed E-state index contributed by atoms with van der Waals surface area (Å²) in [7, 11) is 0. The lowest BCUT2D eigenvalue weighted by molar-refractivity contribution is 0.174. The Morgan fingerprint density at radius 3 is 2.84 bits per heavy atom. The van der Waals surface area contributed by atoms with Gasteiger partial charge in [-0.1, -0.05) is 6.42 Å². The van der Waals surface area contributed by atoms with Gasteiger partial charge in [-0.2, -0.15) is 0 Å². The Morgan fingerprint density at radius 1 is 1.26 bits per heavy atom. The van der Waals surface area contributed by atoms with E-state index < -0.39 is 0 Å². The van der Waals surface area contributed by atoms with Gasteiger partial charge >= 0.3 is 0 Å². The highest BCUT2D eigenvalue weighted by Crippen LogP contribution is 2.26. The molecule has 0 aliphatic carbocycles. The van der Waals surface area contributed by atoms with Crippen molar-refractivity contribution in [1.29, 1.82) is 0 Å². The van der Waals surface area contributed by atoms with E-state index in [1.165, 1.54) is 45.1 Å². The van der Waals surface area contributed by atoms with Gasteiger partial charge in [0.2, 0.25) is 0 Å². The van der Waals surface area contributed by atoms with E-state index in [2.05, 4.69) is 35.7 Å². The fourth-order valence-corrected chi connectivity index (χ4v) is 3.58. The number of anilines is 1. The zero-order valence-electron chi connectivity index (χ0n) is 10.9. The Hall–Kier alpha value is -0.880. The van der Waals surface area contributed by atoms with Gasteiger partial charge in [-0.15, -0.1) is 0 Å². The number of aromatic nitrogens is 2. The zero-order chi connectivity index (χ0) is 13.2. The first kappa shape index (κ1) is 13.1. The number of nitrogens with one attached hydrogen (secondary N) is 1. The van der Waals surface area contributed by atoms with Crippen LogP contribution >= 0.6 is 15.9 Å². The number of piperidine rings is 1. The van der Waals surface area contributed by atoms with Gasteiger partial charge in [0.25, 0.3) is 5.56 Å². The van der Waals surface area contributed by atoms with E-state index in [4.69, 9.17) is 0 Å². The van der Waals surface area contributed by atoms with Crippen LogP contribution in [0.2, 0.25) is 0 Å². The lowest BCUT2D eigenvalue weighted by atomic mass is 10.1. The summed E-state index contributed by atoms with van der Waals surface area (Å²) in [6, 6.07) is 0.619. The van der Waals surface area contributed by atoms with E-state index in [0.29, 0.717) is 10.5 Å². The van der Waals surface area contributed by atoms with Crippen LogP contribution < -0.4 is 10.5 Å². The average molecular weight is 327 g/mol. The Morgan fingerprint density at radius 2 is 2.05 bits per heavy atom. The summed E-state index contributed by atoms with van der Waals surface area (Å²) in [4.78, 5) is 23.3. The number of rotatable bonds is 2. The number of likely N-dealkylation sites (tertiary alicyclic amines) is 1. The van der Waals surface area contributed by atoms with Gasteiger partial charge in [0, 0.05) is 19.1 Å². The highest BCUT2D eigenvalue weighted by molar-refractivity contribution is 9.10. The molecule has 0 saturated carbocycles. The molecule has 5 nitrogen and oxygen atoms in total. The summed E-state index contributed by atoms with van der Waals surface area (Å²) >= 11 is 3.34. The number of hydrogen-bond acceptors (Lipinski definition) is 4. The number of nitrogens with zero attached hydrogens (tertiary/aromatic N) is 3. The van der Waals surface area contributed by atoms with Crippen molar-refractivity contribution >= 4 is 21.7 Å². The molecule has 0 amide bonds. The van der Waals surface area contributed by atoms with Crippen molar-refractivity contribution in [2.45, 2.75) is 31.7 Å². The molecule has 1 aromatic heterocycles. The SMILES string of the molecule is O=c1[nH]cnc(N2CCC(N3CCCCC3)C2)c1Br. The Labute approximate surface area is 121 Å². The summed E-state index contributed by atoms with van der Waals surface area (Å²) in [5.74, 6) is 0.781. The molecule has 2 saturated heterocycles. The van der Waals surface area contributed by atoms with E-state index in [-0.39, 0.29) is 5.56 Å². The van der Waals surface area contributed by atoms with Gasteiger partial charge in [0.05, 0.1) is 6.33 Å². The van der Waals surface area contributed by atoms with Gasteiger partial charge in [-0.25, -0.2) is 4.98 Å². The second-order valence-electron chi connectivity index (χ2n) is 5.35. The minimum Gasteiger partial charge on any atom is -0.354 e. The smallest absolute Gasteiger partial charge is 0.267 e. The highest BCUT2D eigenvalue weighted by atomic mass is 79.9. The van der Waals surface area contributed by atoms with Crippen molar-refractivity contribution in [3.8, 4) is 0 Å². The van der Waals surface area contributed by atoms with Crippen molar-refractivity contribution in [2.75, 3.05) is 31.1 Å². The molecule has 3 heterocycles. The molecule has 0 spiro atoms. The molecule has 6 heteroatoms. The topological polar surface area (TPSA) is 52.2 Å². The molecule has 0 bridgehead atoms. The third kappa shape index (κ3) is 2.69. The van der Waals surface area contributed by atoms with Gasteiger partial charge in [-0.05, 0) is 48.3 Å². The third-order valence-corrected chi connectivity index (χ3v) is 4.86. The van der Waals surface area contributed by atoms with Crippen LogP contribution in [-0.2, 0) is 0 Å². The molecule has 0 radical (unpaired) electrons. The van der Waals surface area contributed by atoms with E-state index in [9.17, 15) is 4.79 Å². The molecular formula is C13H19BrN4O. The number of halogens is 1. The fraction of sp³-hybridized carbons (Fsp3) is 0.692. The summed E-state index contributed by atoms with van der Waals surface area (Å²) in [5.41, 5.74) is -0.105. The molecular weight excluding hydrogens is 308 g/mol. The van der Waals surface area contributed by atoms with Crippen molar-refractivity contribution in [2.24, 2.45) is 0 Å². The molecule has 3 rings (SSSR count). The molecule has 1 N–H and O–H groups in total. The standard InChI is InChI=1S/C13H19BrN4O/c14-11-12(15-9-16-13(11)19)18-7-4-10(8-18)17-5-2-1-3-6-17/h9-10H,1-8H2,(H,15,16,19). The van der Waals surface area contributed by atoms with Gasteiger partial charge in [-0.3, -0.25) is 9.69 Å². The van der Waals surface area contributed by atoms with E-state index >= 15 is 0 Å². The van der Waals surface area contributed by atoms with Crippen LogP contribution in [0, 0.1) is 0 Å². The minimum absolute atomic E-state index is 0.105. The van der Waals surface area contributed by atoms with Crippen LogP contribution in [0.25, 0.3) is 0 Å². The van der Waals surface area contributed by atoms with E-state index in [0.717, 1.165) is 18.9 Å². The van der Waals surface area contributed by atoms with Crippen LogP contribution in [0.3, 0.4) is 0 Å². The van der Waals surface area contributed by atoms with Crippen LogP contribution in [0.5, 0.6) is 0 Å². The second kappa shape index (κ2) is 5.63. The molecule has 1 aromatic rings. The van der Waals surface area contributed by atoms with Crippen molar-refractivity contribution < 1.29 is 0 Å². The Kier molecular flexibility index (Phi) is 3.88. The van der Waals surface area contributed by atoms with Gasteiger partial charge < -0.3 is 9.88 Å². The summed E-state index contributed by atoms with van der Waals surface area (Å²) in [6.45, 7) is 4.41. The number of aromatic amines is 1. The molecule has 2 fully saturated rings. The van der Waals surface area contributed by atoms with E-state index in [1.54, 1.807) is 0 Å². The molecule has 0 aromatic carbocycles. The molecule has 1 unspecified atom stereocenters. The highest BCUT2D eigenvalue weighted by Gasteiger charge is 2.30. The predicted octanol–water partition coefficient (Wildman–Crippen LogP) is 1.60. The molecule has 2 aliphatic heterocycles. The summed E-state index contributed by atoms with van der Waals surface area (Å²) in [6.07, 6.45) is 6.67. The first-order valence-electron chi connectivity index (χ1n) is 6.98. The minimum atomic E-state index is -0.105. The third-order valence-electron chi connectivity index (χ3n) is 4.15. The number of H-pyrrole nitrogens is 1. The maximum atomic E-state index is 11.6. The zero-order valence-corrected chi connectivity index (χ0v) is 12.5. The number of hydrogen-bond donors (Lipinski definition) is 1. The average Bonchev–Trinajstić information content (AvgIpc) is 2.92. The molecule has 19 heavy (non-hydrogen) atoms. The van der Waals surface area contributed by atoms with Crippen molar-refractivity contribution in [3.05, 3.63) is 21.2 Å². The fourth-order valence-electron chi connectivity index (χ4n) is 3.11. The molecule has 2 aliphatic rings. The Balaban J connectivity index is 1.71. The second-order valence-corrected chi connectivity index (χ2v) is 6.15. The molecule has 104 valence electrons. The quantitative estimate of drug-likeness (QED) is 0.896. The van der Waals surface area contributed by atoms with E-state index in [1.807, 2.05) is 0 Å². The van der Waals surface area contributed by atoms with Gasteiger partial charge in [0.1, 0.15) is 10.3 Å². The predicted molar refractivity (Wildman–Crippen MR) is 78.6 cm³/mol. The van der Waals surface area contributed by atoms with Crippen molar-refractivity contribution in [1.82, 2.24) is 14.9 Å². The largest absolute Gasteiger partial charge is 0.354 e. The normalized spacial score (nSPS) is 24.9. The first-order chi connectivity index (χ1) is 9.25. The van der Waals surface area contributed by atoms with Crippen LogP contribution in [0.4, 0.5) is 5.82 Å².